The number of ether oxygens (including phenoxy) is 1. The molecule has 1 aliphatic heterocycles. The smallest absolute Gasteiger partial charge is 0.223 e. The second-order valence-corrected chi connectivity index (χ2v) is 3.65. The van der Waals surface area contributed by atoms with E-state index in [4.69, 9.17) is 0 Å². The average molecular weight is 172 g/mol. The SMILES string of the molecule is CC(C)CC(=O)N1CC[OH+]CC1. The molecule has 3 nitrogen and oxygen atoms in total. The first-order chi connectivity index (χ1) is 5.70. The van der Waals surface area contributed by atoms with Gasteiger partial charge < -0.3 is 9.64 Å². The highest BCUT2D eigenvalue weighted by Gasteiger charge is 2.19. The Morgan fingerprint density at radius 3 is 2.50 bits per heavy atom. The highest BCUT2D eigenvalue weighted by molar-refractivity contribution is 5.76. The van der Waals surface area contributed by atoms with E-state index in [-0.39, 0.29) is 0 Å². The van der Waals surface area contributed by atoms with Gasteiger partial charge in [0.15, 0.2) is 13.2 Å². The molecule has 0 atom stereocenters. The first-order valence-electron chi connectivity index (χ1n) is 4.61. The standard InChI is InChI=1S/C9H17NO2/c1-8(2)7-9(11)10-3-5-12-6-4-10/h8H,3-7H2,1-2H3/p+1. The Morgan fingerprint density at radius 2 is 2.00 bits per heavy atom. The summed E-state index contributed by atoms with van der Waals surface area (Å²) in [7, 11) is 0. The summed E-state index contributed by atoms with van der Waals surface area (Å²) in [6, 6.07) is 0. The first-order valence-corrected chi connectivity index (χ1v) is 4.61. The zero-order valence-electron chi connectivity index (χ0n) is 7.92. The van der Waals surface area contributed by atoms with Crippen LogP contribution in [0.25, 0.3) is 0 Å². The number of rotatable bonds is 2. The van der Waals surface area contributed by atoms with Crippen LogP contribution in [0, 0.1) is 5.92 Å². The largest absolute Gasteiger partial charge is 0.431 e. The van der Waals surface area contributed by atoms with Crippen molar-refractivity contribution in [2.45, 2.75) is 20.3 Å². The molecule has 1 heterocycles. The van der Waals surface area contributed by atoms with Gasteiger partial charge in [-0.05, 0) is 5.92 Å². The summed E-state index contributed by atoms with van der Waals surface area (Å²) < 4.78 is 4.19. The summed E-state index contributed by atoms with van der Waals surface area (Å²) in [6.45, 7) is 7.45. The van der Waals surface area contributed by atoms with Gasteiger partial charge >= 0.3 is 0 Å². The summed E-state index contributed by atoms with van der Waals surface area (Å²) in [4.78, 5) is 13.4. The Morgan fingerprint density at radius 1 is 1.42 bits per heavy atom. The molecule has 0 unspecified atom stereocenters. The van der Waals surface area contributed by atoms with Crippen molar-refractivity contribution in [2.75, 3.05) is 26.3 Å². The van der Waals surface area contributed by atoms with Crippen LogP contribution in [-0.4, -0.2) is 41.8 Å². The van der Waals surface area contributed by atoms with Crippen LogP contribution in [-0.2, 0) is 4.79 Å². The maximum atomic E-state index is 11.5. The summed E-state index contributed by atoms with van der Waals surface area (Å²) in [5, 5.41) is 0. The van der Waals surface area contributed by atoms with Crippen molar-refractivity contribution in [2.24, 2.45) is 5.92 Å². The molecule has 1 amide bonds. The van der Waals surface area contributed by atoms with E-state index in [1.807, 2.05) is 4.90 Å². The minimum Gasteiger partial charge on any atom is -0.431 e. The second kappa shape index (κ2) is 4.45. The van der Waals surface area contributed by atoms with Crippen molar-refractivity contribution in [1.29, 1.82) is 0 Å². The van der Waals surface area contributed by atoms with Gasteiger partial charge in [-0.2, -0.15) is 0 Å². The number of hydrogen-bond donors (Lipinski definition) is 0. The third-order valence-electron chi connectivity index (χ3n) is 1.99. The lowest BCUT2D eigenvalue weighted by molar-refractivity contribution is -0.145. The van der Waals surface area contributed by atoms with Gasteiger partial charge in [0.2, 0.25) is 5.91 Å². The molecule has 1 fully saturated rings. The lowest BCUT2D eigenvalue weighted by Crippen LogP contribution is -2.42. The van der Waals surface area contributed by atoms with Crippen LogP contribution < -0.4 is 0 Å². The van der Waals surface area contributed by atoms with E-state index in [9.17, 15) is 4.79 Å². The quantitative estimate of drug-likeness (QED) is 0.555. The van der Waals surface area contributed by atoms with Crippen molar-refractivity contribution in [3.05, 3.63) is 0 Å². The minimum atomic E-state index is 0.292. The molecule has 3 heteroatoms. The molecular weight excluding hydrogens is 154 g/mol. The Hall–Kier alpha value is -0.570. The Bertz CT molecular complexity index is 151. The zero-order chi connectivity index (χ0) is 8.97. The fourth-order valence-corrected chi connectivity index (χ4v) is 1.33. The summed E-state index contributed by atoms with van der Waals surface area (Å²) in [5.74, 6) is 0.760. The molecule has 0 bridgehead atoms. The van der Waals surface area contributed by atoms with E-state index >= 15 is 0 Å². The summed E-state index contributed by atoms with van der Waals surface area (Å²) >= 11 is 0. The second-order valence-electron chi connectivity index (χ2n) is 3.65. The number of hydrogen-bond acceptors (Lipinski definition) is 1. The lowest BCUT2D eigenvalue weighted by Gasteiger charge is -2.25. The molecule has 0 aliphatic carbocycles. The molecule has 1 saturated heterocycles. The highest BCUT2D eigenvalue weighted by Crippen LogP contribution is 2.05. The van der Waals surface area contributed by atoms with Crippen LogP contribution in [0.15, 0.2) is 0 Å². The van der Waals surface area contributed by atoms with Crippen molar-refractivity contribution in [1.82, 2.24) is 4.90 Å². The molecule has 0 radical (unpaired) electrons. The minimum absolute atomic E-state index is 0.292. The molecule has 0 saturated carbocycles. The number of morpholine rings is 1. The van der Waals surface area contributed by atoms with Crippen LogP contribution in [0.4, 0.5) is 0 Å². The monoisotopic (exact) mass is 172 g/mol. The lowest BCUT2D eigenvalue weighted by atomic mass is 10.1. The number of carbonyl (C=O) groups is 1. The molecule has 1 rings (SSSR count). The maximum absolute atomic E-state index is 11.5. The highest BCUT2D eigenvalue weighted by atomic mass is 16.5. The Labute approximate surface area is 73.7 Å². The summed E-state index contributed by atoms with van der Waals surface area (Å²) in [6.07, 6.45) is 0.681. The number of carbonyl (C=O) groups excluding carboxylic acids is 1. The summed E-state index contributed by atoms with van der Waals surface area (Å²) in [5.41, 5.74) is 0. The molecule has 70 valence electrons. The number of amides is 1. The fourth-order valence-electron chi connectivity index (χ4n) is 1.33. The van der Waals surface area contributed by atoms with Crippen LogP contribution in [0.5, 0.6) is 0 Å². The molecule has 0 aromatic heterocycles. The van der Waals surface area contributed by atoms with Crippen molar-refractivity contribution >= 4 is 5.91 Å². The van der Waals surface area contributed by atoms with Gasteiger partial charge in [-0.15, -0.1) is 0 Å². The molecule has 12 heavy (non-hydrogen) atoms. The molecule has 0 aromatic rings. The van der Waals surface area contributed by atoms with Crippen LogP contribution in [0.1, 0.15) is 20.3 Å². The van der Waals surface area contributed by atoms with Crippen molar-refractivity contribution in [3.63, 3.8) is 0 Å². The van der Waals surface area contributed by atoms with Crippen LogP contribution in [0.2, 0.25) is 0 Å². The maximum Gasteiger partial charge on any atom is 0.223 e. The predicted molar refractivity (Wildman–Crippen MR) is 48.0 cm³/mol. The Balaban J connectivity index is 2.30. The zero-order valence-corrected chi connectivity index (χ0v) is 7.92. The van der Waals surface area contributed by atoms with Gasteiger partial charge in [-0.25, -0.2) is 0 Å². The van der Waals surface area contributed by atoms with Crippen LogP contribution in [0.3, 0.4) is 0 Å². The first kappa shape index (κ1) is 9.52. The topological polar surface area (TPSA) is 33.1 Å². The van der Waals surface area contributed by atoms with E-state index in [0.717, 1.165) is 26.3 Å². The third-order valence-corrected chi connectivity index (χ3v) is 1.99. The van der Waals surface area contributed by atoms with Gasteiger partial charge in [-0.3, -0.25) is 4.79 Å². The van der Waals surface area contributed by atoms with Gasteiger partial charge in [0.05, 0.1) is 13.1 Å². The Kier molecular flexibility index (Phi) is 3.53. The number of aliphatic hydroxyl groups is 2. The van der Waals surface area contributed by atoms with Crippen LogP contribution >= 0.6 is 0 Å². The number of nitrogens with zero attached hydrogens (tertiary/aromatic N) is 1. The molecule has 0 spiro atoms. The molecule has 1 aliphatic rings. The molecule has 0 aromatic carbocycles. The van der Waals surface area contributed by atoms with E-state index < -0.39 is 0 Å². The van der Waals surface area contributed by atoms with Gasteiger partial charge in [0.25, 0.3) is 0 Å². The average Bonchev–Trinajstić information content (AvgIpc) is 2.05. The van der Waals surface area contributed by atoms with Crippen molar-refractivity contribution in [3.8, 4) is 0 Å². The van der Waals surface area contributed by atoms with E-state index in [1.54, 1.807) is 0 Å². The third kappa shape index (κ3) is 2.81. The molecular formula is C9H18NO2+. The van der Waals surface area contributed by atoms with E-state index in [0.29, 0.717) is 18.2 Å². The van der Waals surface area contributed by atoms with E-state index in [2.05, 4.69) is 18.6 Å². The fraction of sp³-hybridized carbons (Fsp3) is 0.889. The van der Waals surface area contributed by atoms with E-state index in [1.165, 1.54) is 0 Å². The molecule has 1 N–H and O–H groups in total. The van der Waals surface area contributed by atoms with Crippen molar-refractivity contribution < 1.29 is 9.53 Å². The predicted octanol–water partition coefficient (Wildman–Crippen LogP) is 0.403. The van der Waals surface area contributed by atoms with Gasteiger partial charge in [-0.1, -0.05) is 13.8 Å². The normalized spacial score (nSPS) is 18.4. The van der Waals surface area contributed by atoms with Gasteiger partial charge in [0, 0.05) is 6.42 Å². The van der Waals surface area contributed by atoms with Gasteiger partial charge in [0.1, 0.15) is 0 Å².